The molecule has 0 aliphatic carbocycles. The molecule has 2 rings (SSSR count). The fourth-order valence-corrected chi connectivity index (χ4v) is 2.51. The van der Waals surface area contributed by atoms with Crippen LogP contribution >= 0.6 is 23.2 Å². The molecule has 2 aromatic carbocycles. The topological polar surface area (TPSA) is 49.4 Å². The zero-order chi connectivity index (χ0) is 17.5. The van der Waals surface area contributed by atoms with Gasteiger partial charge in [0.15, 0.2) is 0 Å². The van der Waals surface area contributed by atoms with Gasteiger partial charge in [0.1, 0.15) is 6.42 Å². The average molecular weight is 365 g/mol. The van der Waals surface area contributed by atoms with Crippen LogP contribution in [0.4, 0.5) is 5.69 Å². The van der Waals surface area contributed by atoms with E-state index in [1.54, 1.807) is 23.1 Å². The van der Waals surface area contributed by atoms with E-state index in [0.29, 0.717) is 28.8 Å². The van der Waals surface area contributed by atoms with Gasteiger partial charge in [0, 0.05) is 18.8 Å². The molecule has 2 aromatic rings. The van der Waals surface area contributed by atoms with E-state index in [0.717, 1.165) is 5.56 Å². The second kappa shape index (κ2) is 8.71. The molecule has 0 saturated carbocycles. The normalized spacial score (nSPS) is 10.3. The molecule has 24 heavy (non-hydrogen) atoms. The number of benzene rings is 2. The van der Waals surface area contributed by atoms with Crippen molar-refractivity contribution in [3.63, 3.8) is 0 Å². The first-order chi connectivity index (χ1) is 11.5. The van der Waals surface area contributed by atoms with Gasteiger partial charge >= 0.3 is 0 Å². The Balaban J connectivity index is 1.93. The molecule has 0 radical (unpaired) electrons. The fourth-order valence-electron chi connectivity index (χ4n) is 2.21. The molecule has 0 aromatic heterocycles. The highest BCUT2D eigenvalue weighted by Crippen LogP contribution is 2.25. The van der Waals surface area contributed by atoms with Crippen LogP contribution in [-0.2, 0) is 16.1 Å². The number of nitrogens with one attached hydrogen (secondary N) is 1. The van der Waals surface area contributed by atoms with Crippen LogP contribution in [0.3, 0.4) is 0 Å². The van der Waals surface area contributed by atoms with E-state index in [4.69, 9.17) is 23.2 Å². The highest BCUT2D eigenvalue weighted by atomic mass is 35.5. The maximum absolute atomic E-state index is 12.3. The maximum atomic E-state index is 12.3. The van der Waals surface area contributed by atoms with E-state index in [1.807, 2.05) is 37.3 Å². The smallest absolute Gasteiger partial charge is 0.233 e. The van der Waals surface area contributed by atoms with Gasteiger partial charge in [-0.25, -0.2) is 0 Å². The predicted octanol–water partition coefficient (Wildman–Crippen LogP) is 4.37. The molecule has 6 heteroatoms. The molecular formula is C18H18Cl2N2O2. The third kappa shape index (κ3) is 5.25. The van der Waals surface area contributed by atoms with Crippen molar-refractivity contribution in [1.82, 2.24) is 4.90 Å². The summed E-state index contributed by atoms with van der Waals surface area (Å²) in [5, 5.41) is 3.41. The summed E-state index contributed by atoms with van der Waals surface area (Å²) >= 11 is 11.7. The lowest BCUT2D eigenvalue weighted by molar-refractivity contribution is -0.134. The molecule has 0 heterocycles. The van der Waals surface area contributed by atoms with Crippen LogP contribution in [0.2, 0.25) is 10.0 Å². The first-order valence-corrected chi connectivity index (χ1v) is 8.31. The molecule has 2 amide bonds. The van der Waals surface area contributed by atoms with Crippen molar-refractivity contribution in [2.24, 2.45) is 0 Å². The minimum atomic E-state index is -0.384. The predicted molar refractivity (Wildman–Crippen MR) is 97.2 cm³/mol. The Labute approximate surface area is 151 Å². The van der Waals surface area contributed by atoms with Crippen molar-refractivity contribution in [1.29, 1.82) is 0 Å². The van der Waals surface area contributed by atoms with Crippen LogP contribution < -0.4 is 5.32 Å². The van der Waals surface area contributed by atoms with E-state index < -0.39 is 0 Å². The quantitative estimate of drug-likeness (QED) is 0.773. The number of nitrogens with zero attached hydrogens (tertiary/aromatic N) is 1. The summed E-state index contributed by atoms with van der Waals surface area (Å²) in [5.74, 6) is -0.608. The number of carbonyl (C=O) groups is 2. The minimum absolute atomic E-state index is 0.221. The van der Waals surface area contributed by atoms with Crippen molar-refractivity contribution >= 4 is 40.7 Å². The second-order valence-corrected chi connectivity index (χ2v) is 6.06. The van der Waals surface area contributed by atoms with Gasteiger partial charge in [0.05, 0.1) is 10.0 Å². The third-order valence-electron chi connectivity index (χ3n) is 3.47. The number of amides is 2. The van der Waals surface area contributed by atoms with E-state index in [9.17, 15) is 9.59 Å². The van der Waals surface area contributed by atoms with Crippen LogP contribution in [-0.4, -0.2) is 23.3 Å². The monoisotopic (exact) mass is 364 g/mol. The first kappa shape index (κ1) is 18.3. The lowest BCUT2D eigenvalue weighted by Gasteiger charge is -2.21. The fraction of sp³-hybridized carbons (Fsp3) is 0.222. The van der Waals surface area contributed by atoms with Gasteiger partial charge in [-0.1, -0.05) is 53.5 Å². The van der Waals surface area contributed by atoms with Gasteiger partial charge < -0.3 is 10.2 Å². The molecule has 126 valence electrons. The van der Waals surface area contributed by atoms with Gasteiger partial charge in [-0.15, -0.1) is 0 Å². The lowest BCUT2D eigenvalue weighted by atomic mass is 10.2. The average Bonchev–Trinajstić information content (AvgIpc) is 2.56. The number of hydrogen-bond donors (Lipinski definition) is 1. The summed E-state index contributed by atoms with van der Waals surface area (Å²) in [5.41, 5.74) is 1.53. The van der Waals surface area contributed by atoms with Gasteiger partial charge in [0.25, 0.3) is 0 Å². The molecule has 1 N–H and O–H groups in total. The SMILES string of the molecule is CCN(Cc1ccccc1)C(=O)CC(=O)Nc1ccc(Cl)c(Cl)c1. The zero-order valence-corrected chi connectivity index (χ0v) is 14.8. The Morgan fingerprint density at radius 2 is 1.75 bits per heavy atom. The third-order valence-corrected chi connectivity index (χ3v) is 4.20. The largest absolute Gasteiger partial charge is 0.338 e. The molecule has 4 nitrogen and oxygen atoms in total. The molecule has 0 bridgehead atoms. The number of rotatable bonds is 6. The molecule has 0 aliphatic rings. The van der Waals surface area contributed by atoms with Crippen molar-refractivity contribution in [3.8, 4) is 0 Å². The minimum Gasteiger partial charge on any atom is -0.338 e. The standard InChI is InChI=1S/C18H18Cl2N2O2/c1-2-22(12-13-6-4-3-5-7-13)18(24)11-17(23)21-14-8-9-15(19)16(20)10-14/h3-10H,2,11-12H2,1H3,(H,21,23). The summed E-state index contributed by atoms with van der Waals surface area (Å²) < 4.78 is 0. The van der Waals surface area contributed by atoms with Crippen LogP contribution in [0.15, 0.2) is 48.5 Å². The highest BCUT2D eigenvalue weighted by Gasteiger charge is 2.16. The van der Waals surface area contributed by atoms with Gasteiger partial charge in [-0.3, -0.25) is 9.59 Å². The summed E-state index contributed by atoms with van der Waals surface area (Å²) in [6.45, 7) is 2.90. The maximum Gasteiger partial charge on any atom is 0.233 e. The Hall–Kier alpha value is -2.04. The van der Waals surface area contributed by atoms with Crippen molar-refractivity contribution < 1.29 is 9.59 Å². The Bertz CT molecular complexity index is 720. The highest BCUT2D eigenvalue weighted by molar-refractivity contribution is 6.42. The second-order valence-electron chi connectivity index (χ2n) is 5.25. The van der Waals surface area contributed by atoms with Gasteiger partial charge in [0.2, 0.25) is 11.8 Å². The Morgan fingerprint density at radius 1 is 1.04 bits per heavy atom. The van der Waals surface area contributed by atoms with Crippen LogP contribution in [0, 0.1) is 0 Å². The summed E-state index contributed by atoms with van der Waals surface area (Å²) in [4.78, 5) is 26.0. The van der Waals surface area contributed by atoms with Gasteiger partial charge in [-0.05, 0) is 30.7 Å². The van der Waals surface area contributed by atoms with Crippen LogP contribution in [0.5, 0.6) is 0 Å². The molecule has 0 atom stereocenters. The number of hydrogen-bond acceptors (Lipinski definition) is 2. The van der Waals surface area contributed by atoms with E-state index in [1.165, 1.54) is 0 Å². The van der Waals surface area contributed by atoms with Crippen molar-refractivity contribution in [2.45, 2.75) is 19.9 Å². The Morgan fingerprint density at radius 3 is 2.38 bits per heavy atom. The number of carbonyl (C=O) groups excluding carboxylic acids is 2. The molecule has 0 fully saturated rings. The van der Waals surface area contributed by atoms with Crippen molar-refractivity contribution in [2.75, 3.05) is 11.9 Å². The van der Waals surface area contributed by atoms with E-state index >= 15 is 0 Å². The summed E-state index contributed by atoms with van der Waals surface area (Å²) in [6.07, 6.45) is -0.221. The number of anilines is 1. The summed E-state index contributed by atoms with van der Waals surface area (Å²) in [6, 6.07) is 14.4. The molecule has 0 aliphatic heterocycles. The van der Waals surface area contributed by atoms with E-state index in [2.05, 4.69) is 5.32 Å². The summed E-state index contributed by atoms with van der Waals surface area (Å²) in [7, 11) is 0. The molecular weight excluding hydrogens is 347 g/mol. The van der Waals surface area contributed by atoms with Crippen LogP contribution in [0.1, 0.15) is 18.9 Å². The molecule has 0 unspecified atom stereocenters. The van der Waals surface area contributed by atoms with E-state index in [-0.39, 0.29) is 18.2 Å². The van der Waals surface area contributed by atoms with Crippen molar-refractivity contribution in [3.05, 3.63) is 64.1 Å². The lowest BCUT2D eigenvalue weighted by Crippen LogP contribution is -2.33. The first-order valence-electron chi connectivity index (χ1n) is 7.56. The molecule has 0 spiro atoms. The number of halogens is 2. The Kier molecular flexibility index (Phi) is 6.64. The van der Waals surface area contributed by atoms with Gasteiger partial charge in [-0.2, -0.15) is 0 Å². The molecule has 0 saturated heterocycles. The van der Waals surface area contributed by atoms with Crippen LogP contribution in [0.25, 0.3) is 0 Å². The zero-order valence-electron chi connectivity index (χ0n) is 13.3.